The molecule has 2 rings (SSSR count). The first-order valence-electron chi connectivity index (χ1n) is 5.35. The van der Waals surface area contributed by atoms with Gasteiger partial charge >= 0.3 is 5.63 Å². The van der Waals surface area contributed by atoms with E-state index in [0.717, 1.165) is 29.7 Å². The number of aryl methyl sites for hydroxylation is 1. The third-order valence-corrected chi connectivity index (χ3v) is 2.52. The number of benzene rings is 1. The van der Waals surface area contributed by atoms with Gasteiger partial charge in [-0.15, -0.1) is 0 Å². The van der Waals surface area contributed by atoms with E-state index in [9.17, 15) is 4.79 Å². The molecule has 0 amide bonds. The van der Waals surface area contributed by atoms with Gasteiger partial charge < -0.3 is 9.15 Å². The highest BCUT2D eigenvalue weighted by Gasteiger charge is 2.04. The monoisotopic (exact) mass is 218 g/mol. The molecule has 0 saturated heterocycles. The van der Waals surface area contributed by atoms with Crippen LogP contribution in [0.15, 0.2) is 33.5 Å². The van der Waals surface area contributed by atoms with Gasteiger partial charge in [-0.2, -0.15) is 0 Å². The lowest BCUT2D eigenvalue weighted by Gasteiger charge is -2.03. The zero-order chi connectivity index (χ0) is 11.5. The van der Waals surface area contributed by atoms with Crippen molar-refractivity contribution in [3.05, 3.63) is 40.4 Å². The molecule has 3 heteroatoms. The summed E-state index contributed by atoms with van der Waals surface area (Å²) in [5.74, 6) is 1.48. The van der Waals surface area contributed by atoms with Gasteiger partial charge in [0.2, 0.25) is 0 Å². The highest BCUT2D eigenvalue weighted by Crippen LogP contribution is 2.19. The van der Waals surface area contributed by atoms with Crippen molar-refractivity contribution in [1.29, 1.82) is 0 Å². The van der Waals surface area contributed by atoms with E-state index < -0.39 is 0 Å². The van der Waals surface area contributed by atoms with Gasteiger partial charge in [-0.25, -0.2) is 4.79 Å². The molecule has 0 atom stereocenters. The lowest BCUT2D eigenvalue weighted by atomic mass is 10.1. The summed E-state index contributed by atoms with van der Waals surface area (Å²) in [6, 6.07) is 7.25. The van der Waals surface area contributed by atoms with Crippen molar-refractivity contribution in [1.82, 2.24) is 0 Å². The fourth-order valence-corrected chi connectivity index (χ4v) is 1.72. The first-order chi connectivity index (χ1) is 7.74. The highest BCUT2D eigenvalue weighted by molar-refractivity contribution is 5.82. The predicted molar refractivity (Wildman–Crippen MR) is 63.0 cm³/mol. The second-order valence-electron chi connectivity index (χ2n) is 3.70. The molecule has 0 unspecified atom stereocenters. The van der Waals surface area contributed by atoms with Gasteiger partial charge in [0.1, 0.15) is 11.5 Å². The van der Waals surface area contributed by atoms with Gasteiger partial charge in [-0.05, 0) is 36.1 Å². The molecule has 84 valence electrons. The van der Waals surface area contributed by atoms with Gasteiger partial charge in [0, 0.05) is 6.42 Å². The number of ether oxygens (including phenoxy) is 1. The van der Waals surface area contributed by atoms with E-state index in [1.54, 1.807) is 19.2 Å². The number of hydrogen-bond donors (Lipinski definition) is 0. The maximum absolute atomic E-state index is 11.7. The Balaban J connectivity index is 2.63. The van der Waals surface area contributed by atoms with E-state index in [2.05, 4.69) is 6.92 Å². The van der Waals surface area contributed by atoms with Crippen LogP contribution in [0.25, 0.3) is 10.8 Å². The fraction of sp³-hybridized carbons (Fsp3) is 0.308. The Kier molecular flexibility index (Phi) is 2.95. The van der Waals surface area contributed by atoms with Crippen LogP contribution in [0, 0.1) is 0 Å². The van der Waals surface area contributed by atoms with Crippen LogP contribution in [0.3, 0.4) is 0 Å². The quantitative estimate of drug-likeness (QED) is 0.795. The average Bonchev–Trinajstić information content (AvgIpc) is 2.28. The average molecular weight is 218 g/mol. The molecule has 0 spiro atoms. The molecule has 0 aliphatic heterocycles. The molecule has 1 aromatic carbocycles. The normalized spacial score (nSPS) is 10.6. The molecule has 0 aliphatic rings. The minimum Gasteiger partial charge on any atom is -0.497 e. The van der Waals surface area contributed by atoms with Crippen LogP contribution in [0.2, 0.25) is 0 Å². The molecular weight excluding hydrogens is 204 g/mol. The molecule has 3 nitrogen and oxygen atoms in total. The first kappa shape index (κ1) is 10.7. The maximum Gasteiger partial charge on any atom is 0.343 e. The molecular formula is C13H14O3. The molecule has 0 fully saturated rings. The van der Waals surface area contributed by atoms with Gasteiger partial charge in [0.15, 0.2) is 0 Å². The predicted octanol–water partition coefficient (Wildman–Crippen LogP) is 2.75. The Bertz CT molecular complexity index is 555. The molecule has 1 aromatic heterocycles. The van der Waals surface area contributed by atoms with E-state index in [4.69, 9.17) is 9.15 Å². The molecule has 0 saturated carbocycles. The molecule has 2 aromatic rings. The lowest BCUT2D eigenvalue weighted by molar-refractivity contribution is 0.415. The number of hydrogen-bond acceptors (Lipinski definition) is 3. The van der Waals surface area contributed by atoms with Crippen LogP contribution < -0.4 is 10.4 Å². The van der Waals surface area contributed by atoms with Gasteiger partial charge in [-0.3, -0.25) is 0 Å². The van der Waals surface area contributed by atoms with E-state index in [0.29, 0.717) is 5.39 Å². The summed E-state index contributed by atoms with van der Waals surface area (Å²) in [5.41, 5.74) is -0.274. The number of fused-ring (bicyclic) bond motifs is 1. The van der Waals surface area contributed by atoms with Gasteiger partial charge in [0.25, 0.3) is 0 Å². The van der Waals surface area contributed by atoms with Crippen molar-refractivity contribution in [2.45, 2.75) is 19.8 Å². The molecule has 0 N–H and O–H groups in total. The van der Waals surface area contributed by atoms with Crippen molar-refractivity contribution in [3.63, 3.8) is 0 Å². The summed E-state index contributed by atoms with van der Waals surface area (Å²) >= 11 is 0. The van der Waals surface area contributed by atoms with Crippen LogP contribution in [-0.2, 0) is 6.42 Å². The van der Waals surface area contributed by atoms with E-state index in [1.807, 2.05) is 12.1 Å². The van der Waals surface area contributed by atoms with Crippen molar-refractivity contribution < 1.29 is 9.15 Å². The highest BCUT2D eigenvalue weighted by atomic mass is 16.5. The minimum atomic E-state index is -0.274. The fourth-order valence-electron chi connectivity index (χ4n) is 1.72. The Labute approximate surface area is 93.7 Å². The Morgan fingerprint density at radius 2 is 2.12 bits per heavy atom. The third-order valence-electron chi connectivity index (χ3n) is 2.52. The SMILES string of the molecule is CCCc1cc2cc(OC)ccc2c(=O)o1. The van der Waals surface area contributed by atoms with E-state index in [1.165, 1.54) is 0 Å². The number of methoxy groups -OCH3 is 1. The van der Waals surface area contributed by atoms with E-state index in [-0.39, 0.29) is 5.63 Å². The van der Waals surface area contributed by atoms with Crippen LogP contribution in [0.1, 0.15) is 19.1 Å². The Morgan fingerprint density at radius 3 is 2.81 bits per heavy atom. The zero-order valence-corrected chi connectivity index (χ0v) is 9.45. The van der Waals surface area contributed by atoms with Gasteiger partial charge in [-0.1, -0.05) is 6.92 Å². The molecule has 0 aliphatic carbocycles. The summed E-state index contributed by atoms with van der Waals surface area (Å²) in [6.45, 7) is 2.05. The number of rotatable bonds is 3. The largest absolute Gasteiger partial charge is 0.497 e. The molecule has 0 bridgehead atoms. The standard InChI is InChI=1S/C13H14O3/c1-3-4-11-8-9-7-10(15-2)5-6-12(9)13(14)16-11/h5-8H,3-4H2,1-2H3. The van der Waals surface area contributed by atoms with Crippen LogP contribution >= 0.6 is 0 Å². The molecule has 0 radical (unpaired) electrons. The first-order valence-corrected chi connectivity index (χ1v) is 5.35. The smallest absolute Gasteiger partial charge is 0.343 e. The second kappa shape index (κ2) is 4.39. The van der Waals surface area contributed by atoms with Crippen molar-refractivity contribution in [3.8, 4) is 5.75 Å². The van der Waals surface area contributed by atoms with Crippen LogP contribution in [0.5, 0.6) is 5.75 Å². The van der Waals surface area contributed by atoms with Crippen molar-refractivity contribution in [2.75, 3.05) is 7.11 Å². The summed E-state index contributed by atoms with van der Waals surface area (Å²) < 4.78 is 10.3. The summed E-state index contributed by atoms with van der Waals surface area (Å²) in [6.07, 6.45) is 1.74. The Hall–Kier alpha value is -1.77. The van der Waals surface area contributed by atoms with Crippen molar-refractivity contribution >= 4 is 10.8 Å². The minimum absolute atomic E-state index is 0.274. The topological polar surface area (TPSA) is 39.4 Å². The Morgan fingerprint density at radius 1 is 1.31 bits per heavy atom. The van der Waals surface area contributed by atoms with E-state index >= 15 is 0 Å². The third kappa shape index (κ3) is 1.94. The van der Waals surface area contributed by atoms with Crippen LogP contribution in [-0.4, -0.2) is 7.11 Å². The molecule has 16 heavy (non-hydrogen) atoms. The van der Waals surface area contributed by atoms with Gasteiger partial charge in [0.05, 0.1) is 12.5 Å². The maximum atomic E-state index is 11.7. The summed E-state index contributed by atoms with van der Waals surface area (Å²) in [4.78, 5) is 11.7. The van der Waals surface area contributed by atoms with Crippen LogP contribution in [0.4, 0.5) is 0 Å². The summed E-state index contributed by atoms with van der Waals surface area (Å²) in [7, 11) is 1.61. The van der Waals surface area contributed by atoms with Crippen molar-refractivity contribution in [2.24, 2.45) is 0 Å². The zero-order valence-electron chi connectivity index (χ0n) is 9.45. The second-order valence-corrected chi connectivity index (χ2v) is 3.70. The molecule has 1 heterocycles. The summed E-state index contributed by atoms with van der Waals surface area (Å²) in [5, 5.41) is 1.47. The lowest BCUT2D eigenvalue weighted by Crippen LogP contribution is -2.02.